The van der Waals surface area contributed by atoms with Gasteiger partial charge in [0.15, 0.2) is 0 Å². The van der Waals surface area contributed by atoms with Gasteiger partial charge in [-0.1, -0.05) is 12.1 Å². The van der Waals surface area contributed by atoms with Crippen LogP contribution in [0.2, 0.25) is 0 Å². The number of benzene rings is 1. The van der Waals surface area contributed by atoms with Crippen LogP contribution in [0.1, 0.15) is 12.5 Å². The third kappa shape index (κ3) is 3.58. The molecule has 1 rings (SSSR count). The number of urea groups is 1. The fourth-order valence-electron chi connectivity index (χ4n) is 1.27. The minimum atomic E-state index is -0.281. The van der Waals surface area contributed by atoms with E-state index in [1.807, 2.05) is 6.92 Å². The Morgan fingerprint density at radius 2 is 2.27 bits per heavy atom. The zero-order valence-corrected chi connectivity index (χ0v) is 8.96. The molecule has 0 aliphatic carbocycles. The van der Waals surface area contributed by atoms with Gasteiger partial charge in [0.05, 0.1) is 0 Å². The van der Waals surface area contributed by atoms with Crippen molar-refractivity contribution >= 4 is 6.03 Å². The molecular weight excluding hydrogens is 195 g/mol. The second kappa shape index (κ2) is 5.34. The molecule has 0 aliphatic heterocycles. The van der Waals surface area contributed by atoms with E-state index in [1.165, 1.54) is 17.0 Å². The Balaban J connectivity index is 2.58. The van der Waals surface area contributed by atoms with Gasteiger partial charge in [0.2, 0.25) is 0 Å². The van der Waals surface area contributed by atoms with Gasteiger partial charge in [-0.2, -0.15) is 0 Å². The van der Waals surface area contributed by atoms with Gasteiger partial charge >= 0.3 is 6.03 Å². The highest BCUT2D eigenvalue weighted by molar-refractivity contribution is 5.73. The summed E-state index contributed by atoms with van der Waals surface area (Å²) in [6, 6.07) is 6.09. The highest BCUT2D eigenvalue weighted by Gasteiger charge is 2.07. The summed E-state index contributed by atoms with van der Waals surface area (Å²) in [5, 5.41) is 2.67. The van der Waals surface area contributed by atoms with Crippen LogP contribution in [0.15, 0.2) is 24.3 Å². The Labute approximate surface area is 88.9 Å². The maximum atomic E-state index is 12.8. The van der Waals surface area contributed by atoms with Crippen molar-refractivity contribution in [2.75, 3.05) is 13.6 Å². The Morgan fingerprint density at radius 3 is 2.87 bits per heavy atom. The summed E-state index contributed by atoms with van der Waals surface area (Å²) < 4.78 is 12.8. The molecule has 15 heavy (non-hydrogen) atoms. The lowest BCUT2D eigenvalue weighted by Gasteiger charge is -2.17. The number of nitrogens with one attached hydrogen (secondary N) is 1. The average Bonchev–Trinajstić information content (AvgIpc) is 2.18. The molecule has 1 aromatic rings. The molecule has 1 aromatic carbocycles. The molecular formula is C11H15FN2O. The van der Waals surface area contributed by atoms with Crippen molar-refractivity contribution in [1.82, 2.24) is 10.2 Å². The van der Waals surface area contributed by atoms with Crippen molar-refractivity contribution in [2.24, 2.45) is 0 Å². The van der Waals surface area contributed by atoms with Crippen LogP contribution in [0.25, 0.3) is 0 Å². The molecule has 0 aliphatic rings. The molecule has 0 aromatic heterocycles. The van der Waals surface area contributed by atoms with Crippen LogP contribution >= 0.6 is 0 Å². The molecule has 0 saturated heterocycles. The van der Waals surface area contributed by atoms with Crippen molar-refractivity contribution in [3.05, 3.63) is 35.6 Å². The van der Waals surface area contributed by atoms with Crippen LogP contribution in [-0.4, -0.2) is 24.5 Å². The zero-order chi connectivity index (χ0) is 11.3. The standard InChI is InChI=1S/C11H15FN2O/c1-3-13-11(15)14(2)8-9-5-4-6-10(12)7-9/h4-7H,3,8H2,1-2H3,(H,13,15). The number of nitrogens with zero attached hydrogens (tertiary/aromatic N) is 1. The molecule has 0 radical (unpaired) electrons. The zero-order valence-electron chi connectivity index (χ0n) is 8.96. The molecule has 4 heteroatoms. The molecule has 0 bridgehead atoms. The Morgan fingerprint density at radius 1 is 1.53 bits per heavy atom. The van der Waals surface area contributed by atoms with Gasteiger partial charge < -0.3 is 10.2 Å². The van der Waals surface area contributed by atoms with E-state index in [9.17, 15) is 9.18 Å². The van der Waals surface area contributed by atoms with Gasteiger partial charge in [0.25, 0.3) is 0 Å². The lowest BCUT2D eigenvalue weighted by molar-refractivity contribution is 0.207. The van der Waals surface area contributed by atoms with E-state index in [-0.39, 0.29) is 11.8 Å². The highest BCUT2D eigenvalue weighted by Crippen LogP contribution is 2.06. The van der Waals surface area contributed by atoms with Crippen LogP contribution in [-0.2, 0) is 6.54 Å². The van der Waals surface area contributed by atoms with Crippen LogP contribution < -0.4 is 5.32 Å². The first-order valence-corrected chi connectivity index (χ1v) is 4.87. The maximum Gasteiger partial charge on any atom is 0.317 e. The highest BCUT2D eigenvalue weighted by atomic mass is 19.1. The van der Waals surface area contributed by atoms with Crippen LogP contribution in [0.5, 0.6) is 0 Å². The van der Waals surface area contributed by atoms with E-state index >= 15 is 0 Å². The normalized spacial score (nSPS) is 9.80. The SMILES string of the molecule is CCNC(=O)N(C)Cc1cccc(F)c1. The molecule has 0 heterocycles. The Kier molecular flexibility index (Phi) is 4.09. The molecule has 0 unspecified atom stereocenters. The van der Waals surface area contributed by atoms with Crippen molar-refractivity contribution < 1.29 is 9.18 Å². The van der Waals surface area contributed by atoms with Gasteiger partial charge in [-0.05, 0) is 24.6 Å². The van der Waals surface area contributed by atoms with Gasteiger partial charge in [-0.3, -0.25) is 0 Å². The summed E-state index contributed by atoms with van der Waals surface area (Å²) in [4.78, 5) is 12.9. The third-order valence-corrected chi connectivity index (χ3v) is 1.98. The maximum absolute atomic E-state index is 12.8. The molecule has 0 spiro atoms. The smallest absolute Gasteiger partial charge is 0.317 e. The van der Waals surface area contributed by atoms with Gasteiger partial charge in [0, 0.05) is 20.1 Å². The Hall–Kier alpha value is -1.58. The topological polar surface area (TPSA) is 32.3 Å². The first kappa shape index (κ1) is 11.5. The molecule has 0 saturated carbocycles. The first-order valence-electron chi connectivity index (χ1n) is 4.87. The van der Waals surface area contributed by atoms with Crippen molar-refractivity contribution in [3.63, 3.8) is 0 Å². The summed E-state index contributed by atoms with van der Waals surface area (Å²) in [6.45, 7) is 2.85. The van der Waals surface area contributed by atoms with E-state index in [2.05, 4.69) is 5.32 Å². The van der Waals surface area contributed by atoms with Crippen LogP contribution in [0.4, 0.5) is 9.18 Å². The molecule has 3 nitrogen and oxygen atoms in total. The minimum Gasteiger partial charge on any atom is -0.338 e. The third-order valence-electron chi connectivity index (χ3n) is 1.98. The summed E-state index contributed by atoms with van der Waals surface area (Å²) >= 11 is 0. The molecule has 82 valence electrons. The predicted molar refractivity (Wildman–Crippen MR) is 56.9 cm³/mol. The van der Waals surface area contributed by atoms with E-state index in [4.69, 9.17) is 0 Å². The Bertz CT molecular complexity index is 341. The quantitative estimate of drug-likeness (QED) is 0.813. The minimum absolute atomic E-state index is 0.151. The number of carbonyl (C=O) groups is 1. The monoisotopic (exact) mass is 210 g/mol. The lowest BCUT2D eigenvalue weighted by Crippen LogP contribution is -2.36. The number of carbonyl (C=O) groups excluding carboxylic acids is 1. The molecule has 2 amide bonds. The molecule has 1 N–H and O–H groups in total. The number of rotatable bonds is 3. The van der Waals surface area contributed by atoms with Gasteiger partial charge in [-0.25, -0.2) is 9.18 Å². The number of hydrogen-bond acceptors (Lipinski definition) is 1. The fourth-order valence-corrected chi connectivity index (χ4v) is 1.27. The fraction of sp³-hybridized carbons (Fsp3) is 0.364. The van der Waals surface area contributed by atoms with Gasteiger partial charge in [-0.15, -0.1) is 0 Å². The lowest BCUT2D eigenvalue weighted by atomic mass is 10.2. The largest absolute Gasteiger partial charge is 0.338 e. The number of amides is 2. The summed E-state index contributed by atoms with van der Waals surface area (Å²) in [6.07, 6.45) is 0. The first-order chi connectivity index (χ1) is 7.13. The predicted octanol–water partition coefficient (Wildman–Crippen LogP) is 1.99. The summed E-state index contributed by atoms with van der Waals surface area (Å²) in [7, 11) is 1.68. The molecule has 0 fully saturated rings. The van der Waals surface area contributed by atoms with E-state index in [0.717, 1.165) is 5.56 Å². The second-order valence-corrected chi connectivity index (χ2v) is 3.32. The second-order valence-electron chi connectivity index (χ2n) is 3.32. The number of hydrogen-bond donors (Lipinski definition) is 1. The summed E-state index contributed by atoms with van der Waals surface area (Å²) in [5.41, 5.74) is 0.781. The van der Waals surface area contributed by atoms with Crippen molar-refractivity contribution in [1.29, 1.82) is 0 Å². The van der Waals surface area contributed by atoms with Crippen LogP contribution in [0, 0.1) is 5.82 Å². The van der Waals surface area contributed by atoms with E-state index in [1.54, 1.807) is 19.2 Å². The average molecular weight is 210 g/mol. The van der Waals surface area contributed by atoms with E-state index < -0.39 is 0 Å². The van der Waals surface area contributed by atoms with Crippen molar-refractivity contribution in [2.45, 2.75) is 13.5 Å². The number of halogens is 1. The molecule has 0 atom stereocenters. The van der Waals surface area contributed by atoms with Crippen LogP contribution in [0.3, 0.4) is 0 Å². The van der Waals surface area contributed by atoms with Gasteiger partial charge in [0.1, 0.15) is 5.82 Å². The summed E-state index contributed by atoms with van der Waals surface area (Å²) in [5.74, 6) is -0.281. The van der Waals surface area contributed by atoms with Crippen molar-refractivity contribution in [3.8, 4) is 0 Å². The van der Waals surface area contributed by atoms with E-state index in [0.29, 0.717) is 13.1 Å².